The van der Waals surface area contributed by atoms with Gasteiger partial charge in [0.2, 0.25) is 0 Å². The molecule has 0 spiro atoms. The van der Waals surface area contributed by atoms with E-state index in [2.05, 4.69) is 15.0 Å². The monoisotopic (exact) mass is 528 g/mol. The predicted molar refractivity (Wildman–Crippen MR) is 134 cm³/mol. The average molecular weight is 529 g/mol. The highest BCUT2D eigenvalue weighted by Crippen LogP contribution is 2.36. The van der Waals surface area contributed by atoms with E-state index in [1.54, 1.807) is 23.2 Å². The summed E-state index contributed by atoms with van der Waals surface area (Å²) < 4.78 is 54.3. The van der Waals surface area contributed by atoms with Crippen LogP contribution in [0.1, 0.15) is 11.1 Å². The van der Waals surface area contributed by atoms with Crippen LogP contribution in [0.5, 0.6) is 0 Å². The lowest BCUT2D eigenvalue weighted by atomic mass is 10.1. The second-order valence-electron chi connectivity index (χ2n) is 8.58. The standard InChI is InChI=1S/C26H21ClF4N6/c1-16-4-2-8-32-23(16)24-34-21(17-6-7-20(28)19(27)14-17)15-22(35-24)36-10-12-37(13-11-36)25-18(26(29,30)31)5-3-9-33-25/h2-9,14-15H,10-13H2,1H3. The first-order valence-corrected chi connectivity index (χ1v) is 11.9. The molecule has 0 saturated carbocycles. The highest BCUT2D eigenvalue weighted by atomic mass is 35.5. The molecule has 11 heteroatoms. The molecule has 0 atom stereocenters. The molecule has 6 nitrogen and oxygen atoms in total. The van der Waals surface area contributed by atoms with Gasteiger partial charge in [-0.15, -0.1) is 0 Å². The second-order valence-corrected chi connectivity index (χ2v) is 8.99. The van der Waals surface area contributed by atoms with Crippen molar-refractivity contribution in [3.63, 3.8) is 0 Å². The van der Waals surface area contributed by atoms with Gasteiger partial charge in [-0.05, 0) is 48.9 Å². The van der Waals surface area contributed by atoms with E-state index in [1.807, 2.05) is 24.0 Å². The molecule has 0 amide bonds. The number of pyridine rings is 2. The summed E-state index contributed by atoms with van der Waals surface area (Å²) in [6.07, 6.45) is -1.48. The van der Waals surface area contributed by atoms with Crippen molar-refractivity contribution in [1.29, 1.82) is 0 Å². The minimum atomic E-state index is -4.49. The van der Waals surface area contributed by atoms with Crippen LogP contribution < -0.4 is 9.80 Å². The van der Waals surface area contributed by atoms with Gasteiger partial charge in [0.15, 0.2) is 5.82 Å². The van der Waals surface area contributed by atoms with Crippen LogP contribution in [0.3, 0.4) is 0 Å². The topological polar surface area (TPSA) is 58.0 Å². The Morgan fingerprint density at radius 3 is 2.27 bits per heavy atom. The summed E-state index contributed by atoms with van der Waals surface area (Å²) in [5.41, 5.74) is 1.85. The largest absolute Gasteiger partial charge is 0.419 e. The molecule has 4 aromatic rings. The first-order chi connectivity index (χ1) is 17.7. The molecular weight excluding hydrogens is 508 g/mol. The maximum Gasteiger partial charge on any atom is 0.419 e. The van der Waals surface area contributed by atoms with Gasteiger partial charge in [0, 0.05) is 50.2 Å². The normalized spacial score (nSPS) is 14.2. The van der Waals surface area contributed by atoms with Crippen molar-refractivity contribution >= 4 is 23.2 Å². The summed E-state index contributed by atoms with van der Waals surface area (Å²) >= 11 is 6.02. The maximum absolute atomic E-state index is 13.8. The number of hydrogen-bond donors (Lipinski definition) is 0. The summed E-state index contributed by atoms with van der Waals surface area (Å²) in [4.78, 5) is 21.5. The molecule has 1 saturated heterocycles. The van der Waals surface area contributed by atoms with Crippen molar-refractivity contribution < 1.29 is 17.6 Å². The van der Waals surface area contributed by atoms with E-state index in [4.69, 9.17) is 16.6 Å². The van der Waals surface area contributed by atoms with Gasteiger partial charge in [-0.2, -0.15) is 13.2 Å². The van der Waals surface area contributed by atoms with Crippen LogP contribution in [0.4, 0.5) is 29.2 Å². The summed E-state index contributed by atoms with van der Waals surface area (Å²) in [5.74, 6) is 0.355. The fourth-order valence-corrected chi connectivity index (χ4v) is 4.42. The minimum absolute atomic E-state index is 0.0299. The molecule has 0 bridgehead atoms. The van der Waals surface area contributed by atoms with Gasteiger partial charge in [0.25, 0.3) is 0 Å². The number of halogens is 5. The summed E-state index contributed by atoms with van der Waals surface area (Å²) in [6.45, 7) is 3.36. The van der Waals surface area contributed by atoms with Crippen LogP contribution in [-0.2, 0) is 6.18 Å². The van der Waals surface area contributed by atoms with Crippen molar-refractivity contribution in [1.82, 2.24) is 19.9 Å². The van der Waals surface area contributed by atoms with Crippen LogP contribution in [-0.4, -0.2) is 46.1 Å². The van der Waals surface area contributed by atoms with Gasteiger partial charge in [-0.25, -0.2) is 19.3 Å². The van der Waals surface area contributed by atoms with Gasteiger partial charge in [0.1, 0.15) is 23.1 Å². The number of rotatable bonds is 4. The molecule has 3 aromatic heterocycles. The number of hydrogen-bond acceptors (Lipinski definition) is 6. The van der Waals surface area contributed by atoms with Crippen molar-refractivity contribution in [2.24, 2.45) is 0 Å². The molecule has 5 rings (SSSR count). The highest BCUT2D eigenvalue weighted by molar-refractivity contribution is 6.31. The first kappa shape index (κ1) is 24.9. The summed E-state index contributed by atoms with van der Waals surface area (Å²) in [5, 5.41) is -0.0299. The van der Waals surface area contributed by atoms with Gasteiger partial charge in [0.05, 0.1) is 16.3 Å². The number of piperazine rings is 1. The van der Waals surface area contributed by atoms with E-state index in [-0.39, 0.29) is 10.8 Å². The maximum atomic E-state index is 13.8. The zero-order valence-corrected chi connectivity index (χ0v) is 20.4. The molecule has 0 radical (unpaired) electrons. The number of benzene rings is 1. The summed E-state index contributed by atoms with van der Waals surface area (Å²) in [6, 6.07) is 12.2. The van der Waals surface area contributed by atoms with Crippen LogP contribution in [0.25, 0.3) is 22.8 Å². The molecule has 1 fully saturated rings. The molecule has 190 valence electrons. The number of nitrogens with zero attached hydrogens (tertiary/aromatic N) is 6. The lowest BCUT2D eigenvalue weighted by molar-refractivity contribution is -0.137. The van der Waals surface area contributed by atoms with Crippen molar-refractivity contribution in [3.8, 4) is 22.8 Å². The number of aromatic nitrogens is 4. The Bertz CT molecular complexity index is 1440. The molecule has 0 aliphatic carbocycles. The SMILES string of the molecule is Cc1cccnc1-c1nc(-c2ccc(F)c(Cl)c2)cc(N2CCN(c3ncccc3C(F)(F)F)CC2)n1. The Kier molecular flexibility index (Phi) is 6.68. The lowest BCUT2D eigenvalue weighted by Crippen LogP contribution is -2.47. The number of alkyl halides is 3. The third-order valence-corrected chi connectivity index (χ3v) is 6.43. The lowest BCUT2D eigenvalue weighted by Gasteiger charge is -2.37. The average Bonchev–Trinajstić information content (AvgIpc) is 2.90. The molecule has 4 heterocycles. The first-order valence-electron chi connectivity index (χ1n) is 11.5. The van der Waals surface area contributed by atoms with Crippen molar-refractivity contribution in [2.75, 3.05) is 36.0 Å². The Balaban J connectivity index is 1.48. The van der Waals surface area contributed by atoms with Crippen molar-refractivity contribution in [3.05, 3.63) is 82.9 Å². The van der Waals surface area contributed by atoms with Gasteiger partial charge in [-0.3, -0.25) is 4.98 Å². The third-order valence-electron chi connectivity index (χ3n) is 6.14. The van der Waals surface area contributed by atoms with Crippen LogP contribution in [0.15, 0.2) is 60.9 Å². The number of aryl methyl sites for hydroxylation is 1. The van der Waals surface area contributed by atoms with Crippen LogP contribution in [0.2, 0.25) is 5.02 Å². The number of anilines is 2. The van der Waals surface area contributed by atoms with Gasteiger partial charge < -0.3 is 9.80 Å². The predicted octanol–water partition coefficient (Wildman–Crippen LogP) is 6.05. The Morgan fingerprint density at radius 2 is 1.57 bits per heavy atom. The fraction of sp³-hybridized carbons (Fsp3) is 0.231. The molecule has 0 N–H and O–H groups in total. The Hall–Kier alpha value is -3.79. The molecule has 1 aromatic carbocycles. The van der Waals surface area contributed by atoms with Crippen molar-refractivity contribution in [2.45, 2.75) is 13.1 Å². The Labute approximate surface area is 215 Å². The van der Waals surface area contributed by atoms with Crippen LogP contribution in [0, 0.1) is 12.7 Å². The smallest absolute Gasteiger partial charge is 0.353 e. The van der Waals surface area contributed by atoms with E-state index in [0.29, 0.717) is 54.8 Å². The van der Waals surface area contributed by atoms with E-state index in [1.165, 1.54) is 24.4 Å². The van der Waals surface area contributed by atoms with Gasteiger partial charge in [-0.1, -0.05) is 17.7 Å². The second kappa shape index (κ2) is 9.93. The molecule has 1 aliphatic heterocycles. The zero-order chi connectivity index (χ0) is 26.2. The van der Waals surface area contributed by atoms with E-state index < -0.39 is 17.6 Å². The Morgan fingerprint density at radius 1 is 0.865 bits per heavy atom. The molecular formula is C26H21ClF4N6. The minimum Gasteiger partial charge on any atom is -0.353 e. The third kappa shape index (κ3) is 5.20. The van der Waals surface area contributed by atoms with E-state index in [0.717, 1.165) is 11.6 Å². The quantitative estimate of drug-likeness (QED) is 0.301. The molecule has 1 aliphatic rings. The van der Waals surface area contributed by atoms with E-state index in [9.17, 15) is 17.6 Å². The highest BCUT2D eigenvalue weighted by Gasteiger charge is 2.36. The van der Waals surface area contributed by atoms with Crippen LogP contribution >= 0.6 is 11.6 Å². The zero-order valence-electron chi connectivity index (χ0n) is 19.7. The molecule has 37 heavy (non-hydrogen) atoms. The summed E-state index contributed by atoms with van der Waals surface area (Å²) in [7, 11) is 0. The molecule has 0 unspecified atom stereocenters. The van der Waals surface area contributed by atoms with Gasteiger partial charge >= 0.3 is 6.18 Å². The fourth-order valence-electron chi connectivity index (χ4n) is 4.24. The van der Waals surface area contributed by atoms with E-state index >= 15 is 0 Å².